The number of ether oxygens (including phenoxy) is 1. The Kier molecular flexibility index (Phi) is 6.03. The number of hydrogen-bond acceptors (Lipinski definition) is 4. The molecule has 2 aromatic carbocycles. The molecule has 0 atom stereocenters. The van der Waals surface area contributed by atoms with E-state index in [0.29, 0.717) is 11.4 Å². The minimum Gasteiger partial charge on any atom is -0.497 e. The van der Waals surface area contributed by atoms with Gasteiger partial charge in [0.15, 0.2) is 0 Å². The van der Waals surface area contributed by atoms with Crippen LogP contribution in [0.1, 0.15) is 13.8 Å². The molecule has 7 heteroatoms. The van der Waals surface area contributed by atoms with E-state index >= 15 is 0 Å². The van der Waals surface area contributed by atoms with Gasteiger partial charge in [-0.1, -0.05) is 18.2 Å². The van der Waals surface area contributed by atoms with Gasteiger partial charge in [-0.3, -0.25) is 9.10 Å². The number of nitrogens with one attached hydrogen (secondary N) is 1. The van der Waals surface area contributed by atoms with E-state index in [1.54, 1.807) is 42.5 Å². The monoisotopic (exact) mass is 362 g/mol. The van der Waals surface area contributed by atoms with Crippen molar-refractivity contribution in [2.24, 2.45) is 0 Å². The lowest BCUT2D eigenvalue weighted by Gasteiger charge is -2.24. The lowest BCUT2D eigenvalue weighted by atomic mass is 10.3. The Morgan fingerprint density at radius 2 is 1.68 bits per heavy atom. The first-order valence-corrected chi connectivity index (χ1v) is 9.30. The van der Waals surface area contributed by atoms with Gasteiger partial charge in [-0.2, -0.15) is 0 Å². The Labute approximate surface area is 148 Å². The van der Waals surface area contributed by atoms with Crippen molar-refractivity contribution in [3.63, 3.8) is 0 Å². The molecule has 0 fully saturated rings. The zero-order chi connectivity index (χ0) is 18.4. The average Bonchev–Trinajstić information content (AvgIpc) is 2.60. The Morgan fingerprint density at radius 1 is 1.08 bits per heavy atom. The van der Waals surface area contributed by atoms with Crippen molar-refractivity contribution in [3.8, 4) is 5.75 Å². The van der Waals surface area contributed by atoms with Gasteiger partial charge in [0, 0.05) is 6.04 Å². The number of carbonyl (C=O) groups excluding carboxylic acids is 1. The summed E-state index contributed by atoms with van der Waals surface area (Å²) in [5, 5.41) is 2.72. The highest BCUT2D eigenvalue weighted by Crippen LogP contribution is 2.25. The van der Waals surface area contributed by atoms with Crippen LogP contribution in [0, 0.1) is 0 Å². The van der Waals surface area contributed by atoms with Crippen LogP contribution in [0.25, 0.3) is 0 Å². The molecule has 0 unspecified atom stereocenters. The van der Waals surface area contributed by atoms with E-state index in [0.717, 1.165) is 4.31 Å². The molecular formula is C18H22N2O4S. The van der Waals surface area contributed by atoms with Crippen molar-refractivity contribution in [2.75, 3.05) is 18.0 Å². The van der Waals surface area contributed by atoms with Crippen molar-refractivity contribution in [1.82, 2.24) is 5.32 Å². The Bertz CT molecular complexity index is 803. The van der Waals surface area contributed by atoms with Gasteiger partial charge in [-0.05, 0) is 50.2 Å². The van der Waals surface area contributed by atoms with Crippen LogP contribution >= 0.6 is 0 Å². The van der Waals surface area contributed by atoms with E-state index in [9.17, 15) is 13.2 Å². The maximum Gasteiger partial charge on any atom is 0.264 e. The molecular weight excluding hydrogens is 340 g/mol. The normalized spacial score (nSPS) is 11.2. The molecule has 1 amide bonds. The third kappa shape index (κ3) is 4.73. The standard InChI is InChI=1S/C18H22N2O4S/c1-14(2)19-18(21)13-20(15-9-11-16(24-3)12-10-15)25(22,23)17-7-5-4-6-8-17/h4-12,14H,13H2,1-3H3,(H,19,21). The molecule has 2 aromatic rings. The van der Waals surface area contributed by atoms with Crippen LogP contribution in [0.15, 0.2) is 59.5 Å². The van der Waals surface area contributed by atoms with Crippen molar-refractivity contribution < 1.29 is 17.9 Å². The highest BCUT2D eigenvalue weighted by Gasteiger charge is 2.27. The largest absolute Gasteiger partial charge is 0.497 e. The molecule has 0 aliphatic rings. The van der Waals surface area contributed by atoms with Crippen LogP contribution in [0.4, 0.5) is 5.69 Å². The summed E-state index contributed by atoms with van der Waals surface area (Å²) in [5.74, 6) is 0.234. The highest BCUT2D eigenvalue weighted by atomic mass is 32.2. The first-order chi connectivity index (χ1) is 11.8. The first-order valence-electron chi connectivity index (χ1n) is 7.86. The van der Waals surface area contributed by atoms with Crippen LogP contribution in [0.2, 0.25) is 0 Å². The van der Waals surface area contributed by atoms with Crippen molar-refractivity contribution in [1.29, 1.82) is 0 Å². The number of carbonyl (C=O) groups is 1. The minimum absolute atomic E-state index is 0.0790. The van der Waals surface area contributed by atoms with E-state index < -0.39 is 10.0 Å². The van der Waals surface area contributed by atoms with Crippen molar-refractivity contribution in [2.45, 2.75) is 24.8 Å². The molecule has 0 saturated carbocycles. The van der Waals surface area contributed by atoms with Gasteiger partial charge in [0.1, 0.15) is 12.3 Å². The molecule has 134 valence electrons. The smallest absolute Gasteiger partial charge is 0.264 e. The zero-order valence-corrected chi connectivity index (χ0v) is 15.3. The van der Waals surface area contributed by atoms with Gasteiger partial charge < -0.3 is 10.1 Å². The number of hydrogen-bond donors (Lipinski definition) is 1. The molecule has 0 aromatic heterocycles. The highest BCUT2D eigenvalue weighted by molar-refractivity contribution is 7.92. The van der Waals surface area contributed by atoms with Gasteiger partial charge in [0.2, 0.25) is 5.91 Å². The number of amides is 1. The first kappa shape index (κ1) is 18.8. The van der Waals surface area contributed by atoms with E-state index in [1.807, 2.05) is 13.8 Å². The van der Waals surface area contributed by atoms with E-state index in [1.165, 1.54) is 19.2 Å². The lowest BCUT2D eigenvalue weighted by molar-refractivity contribution is -0.120. The van der Waals surface area contributed by atoms with Crippen molar-refractivity contribution in [3.05, 3.63) is 54.6 Å². The Balaban J connectivity index is 2.42. The van der Waals surface area contributed by atoms with Crippen molar-refractivity contribution >= 4 is 21.6 Å². The second-order valence-electron chi connectivity index (χ2n) is 5.74. The Hall–Kier alpha value is -2.54. The molecule has 0 spiro atoms. The summed E-state index contributed by atoms with van der Waals surface area (Å²) in [6.07, 6.45) is 0. The summed E-state index contributed by atoms with van der Waals surface area (Å²) in [4.78, 5) is 12.3. The summed E-state index contributed by atoms with van der Waals surface area (Å²) < 4.78 is 32.2. The molecule has 0 aliphatic heterocycles. The maximum atomic E-state index is 13.0. The van der Waals surface area contributed by atoms with Crippen LogP contribution < -0.4 is 14.4 Å². The summed E-state index contributed by atoms with van der Waals surface area (Å²) in [6, 6.07) is 14.5. The minimum atomic E-state index is -3.87. The molecule has 0 saturated heterocycles. The topological polar surface area (TPSA) is 75.7 Å². The fourth-order valence-electron chi connectivity index (χ4n) is 2.28. The van der Waals surface area contributed by atoms with Gasteiger partial charge in [0.05, 0.1) is 17.7 Å². The molecule has 0 heterocycles. The van der Waals surface area contributed by atoms with Gasteiger partial charge in [0.25, 0.3) is 10.0 Å². The van der Waals surface area contributed by atoms with E-state index in [4.69, 9.17) is 4.74 Å². The molecule has 2 rings (SSSR count). The van der Waals surface area contributed by atoms with Crippen LogP contribution in [0.3, 0.4) is 0 Å². The van der Waals surface area contributed by atoms with E-state index in [-0.39, 0.29) is 23.4 Å². The third-order valence-electron chi connectivity index (χ3n) is 3.43. The van der Waals surface area contributed by atoms with E-state index in [2.05, 4.69) is 5.32 Å². The number of methoxy groups -OCH3 is 1. The molecule has 0 aliphatic carbocycles. The molecule has 0 bridgehead atoms. The predicted octanol–water partition coefficient (Wildman–Crippen LogP) is 2.42. The molecule has 25 heavy (non-hydrogen) atoms. The lowest BCUT2D eigenvalue weighted by Crippen LogP contribution is -2.42. The quantitative estimate of drug-likeness (QED) is 0.821. The van der Waals surface area contributed by atoms with Gasteiger partial charge in [-0.15, -0.1) is 0 Å². The summed E-state index contributed by atoms with van der Waals surface area (Å²) in [6.45, 7) is 3.34. The number of rotatable bonds is 7. The maximum absolute atomic E-state index is 13.0. The second kappa shape index (κ2) is 8.02. The van der Waals surface area contributed by atoms with Crippen LogP contribution in [-0.2, 0) is 14.8 Å². The number of sulfonamides is 1. The second-order valence-corrected chi connectivity index (χ2v) is 7.61. The summed E-state index contributed by atoms with van der Waals surface area (Å²) >= 11 is 0. The fourth-order valence-corrected chi connectivity index (χ4v) is 3.72. The number of benzene rings is 2. The molecule has 6 nitrogen and oxygen atoms in total. The zero-order valence-electron chi connectivity index (χ0n) is 14.5. The molecule has 1 N–H and O–H groups in total. The fraction of sp³-hybridized carbons (Fsp3) is 0.278. The van der Waals surface area contributed by atoms with Crippen LogP contribution in [0.5, 0.6) is 5.75 Å². The average molecular weight is 362 g/mol. The predicted molar refractivity (Wildman–Crippen MR) is 97.2 cm³/mol. The number of anilines is 1. The molecule has 0 radical (unpaired) electrons. The summed E-state index contributed by atoms with van der Waals surface area (Å²) in [5.41, 5.74) is 0.392. The van der Waals surface area contributed by atoms with Crippen LogP contribution in [-0.4, -0.2) is 34.0 Å². The van der Waals surface area contributed by atoms with Gasteiger partial charge >= 0.3 is 0 Å². The summed E-state index contributed by atoms with van der Waals surface area (Å²) in [7, 11) is -2.34. The number of nitrogens with zero attached hydrogens (tertiary/aromatic N) is 1. The third-order valence-corrected chi connectivity index (χ3v) is 5.22. The SMILES string of the molecule is COc1ccc(N(CC(=O)NC(C)C)S(=O)(=O)c2ccccc2)cc1. The van der Waals surface area contributed by atoms with Gasteiger partial charge in [-0.25, -0.2) is 8.42 Å². The Morgan fingerprint density at radius 3 is 2.20 bits per heavy atom.